The minimum atomic E-state index is -0.256. The van der Waals surface area contributed by atoms with Crippen molar-refractivity contribution in [3.8, 4) is 0 Å². The average Bonchev–Trinajstić information content (AvgIpc) is 2.46. The van der Waals surface area contributed by atoms with Gasteiger partial charge in [0.1, 0.15) is 6.04 Å². The Hall–Kier alpha value is -1.55. The van der Waals surface area contributed by atoms with E-state index in [9.17, 15) is 4.79 Å². The van der Waals surface area contributed by atoms with Crippen LogP contribution in [0, 0.1) is 0 Å². The molecule has 0 spiro atoms. The zero-order valence-corrected chi connectivity index (χ0v) is 12.7. The second-order valence-corrected chi connectivity index (χ2v) is 4.95. The molecule has 1 atom stereocenters. The van der Waals surface area contributed by atoms with E-state index in [1.807, 2.05) is 19.1 Å². The Bertz CT molecular complexity index is 390. The first-order valence-corrected chi connectivity index (χ1v) is 7.29. The van der Waals surface area contributed by atoms with Crippen LogP contribution in [0.3, 0.4) is 0 Å². The third-order valence-corrected chi connectivity index (χ3v) is 3.15. The molecule has 112 valence electrons. The molecule has 0 saturated carbocycles. The molecular formula is C16H26N2O2. The molecule has 0 saturated heterocycles. The van der Waals surface area contributed by atoms with Gasteiger partial charge in [-0.05, 0) is 37.5 Å². The normalized spacial score (nSPS) is 11.9. The Morgan fingerprint density at radius 2 is 2.00 bits per heavy atom. The molecule has 4 nitrogen and oxygen atoms in total. The highest BCUT2D eigenvalue weighted by molar-refractivity contribution is 5.84. The number of amides is 1. The molecule has 0 aliphatic rings. The molecule has 0 aliphatic carbocycles. The lowest BCUT2D eigenvalue weighted by Gasteiger charge is -2.15. The number of hydrogen-bond donors (Lipinski definition) is 2. The lowest BCUT2D eigenvalue weighted by molar-refractivity contribution is -0.121. The van der Waals surface area contributed by atoms with E-state index in [2.05, 4.69) is 29.7 Å². The van der Waals surface area contributed by atoms with Gasteiger partial charge in [0.2, 0.25) is 5.91 Å². The van der Waals surface area contributed by atoms with E-state index in [1.54, 1.807) is 7.11 Å². The van der Waals surface area contributed by atoms with Crippen LogP contribution in [0.15, 0.2) is 24.3 Å². The van der Waals surface area contributed by atoms with Crippen LogP contribution in [0.4, 0.5) is 5.69 Å². The molecule has 0 fully saturated rings. The van der Waals surface area contributed by atoms with Crippen molar-refractivity contribution in [2.75, 3.05) is 25.6 Å². The van der Waals surface area contributed by atoms with E-state index in [0.717, 1.165) is 12.1 Å². The van der Waals surface area contributed by atoms with Crippen LogP contribution in [-0.4, -0.2) is 32.2 Å². The molecule has 0 radical (unpaired) electrons. The van der Waals surface area contributed by atoms with E-state index < -0.39 is 0 Å². The monoisotopic (exact) mass is 278 g/mol. The molecule has 4 heteroatoms. The number of nitrogens with one attached hydrogen (secondary N) is 2. The van der Waals surface area contributed by atoms with Crippen molar-refractivity contribution in [3.05, 3.63) is 29.8 Å². The van der Waals surface area contributed by atoms with Crippen LogP contribution >= 0.6 is 0 Å². The molecule has 1 rings (SSSR count). The fraction of sp³-hybridized carbons (Fsp3) is 0.562. The summed E-state index contributed by atoms with van der Waals surface area (Å²) in [5.74, 6) is -0.0166. The smallest absolute Gasteiger partial charge is 0.242 e. The summed E-state index contributed by atoms with van der Waals surface area (Å²) in [4.78, 5) is 11.8. The predicted molar refractivity (Wildman–Crippen MR) is 83.0 cm³/mol. The number of rotatable bonds is 9. The summed E-state index contributed by atoms with van der Waals surface area (Å²) in [7, 11) is 1.62. The summed E-state index contributed by atoms with van der Waals surface area (Å²) in [5, 5.41) is 6.02. The molecule has 1 amide bonds. The largest absolute Gasteiger partial charge is 0.383 e. The summed E-state index contributed by atoms with van der Waals surface area (Å²) in [6.07, 6.45) is 3.54. The third kappa shape index (κ3) is 6.06. The first-order valence-electron chi connectivity index (χ1n) is 7.29. The molecule has 2 N–H and O–H groups in total. The molecule has 0 aromatic heterocycles. The second-order valence-electron chi connectivity index (χ2n) is 4.95. The molecular weight excluding hydrogens is 252 g/mol. The van der Waals surface area contributed by atoms with E-state index >= 15 is 0 Å². The van der Waals surface area contributed by atoms with Crippen molar-refractivity contribution < 1.29 is 9.53 Å². The number of carbonyl (C=O) groups excluding carboxylic acids is 1. The first kappa shape index (κ1) is 16.5. The molecule has 0 heterocycles. The lowest BCUT2D eigenvalue weighted by Crippen LogP contribution is -2.39. The summed E-state index contributed by atoms with van der Waals surface area (Å²) in [5.41, 5.74) is 2.31. The molecule has 1 aromatic carbocycles. The van der Waals surface area contributed by atoms with Crippen molar-refractivity contribution in [2.24, 2.45) is 0 Å². The Kier molecular flexibility index (Phi) is 7.73. The number of carbonyl (C=O) groups is 1. The Morgan fingerprint density at radius 3 is 2.60 bits per heavy atom. The minimum absolute atomic E-state index is 0.0166. The first-order chi connectivity index (χ1) is 9.67. The number of anilines is 1. The quantitative estimate of drug-likeness (QED) is 0.683. The van der Waals surface area contributed by atoms with Gasteiger partial charge < -0.3 is 15.4 Å². The van der Waals surface area contributed by atoms with Gasteiger partial charge in [-0.2, -0.15) is 0 Å². The van der Waals surface area contributed by atoms with E-state index in [1.165, 1.54) is 18.4 Å². The SMILES string of the molecule is CCCCc1ccc(NC(C)C(=O)NCCOC)cc1. The maximum absolute atomic E-state index is 11.8. The van der Waals surface area contributed by atoms with Crippen LogP contribution in [0.25, 0.3) is 0 Å². The second kappa shape index (κ2) is 9.37. The number of hydrogen-bond acceptors (Lipinski definition) is 3. The summed E-state index contributed by atoms with van der Waals surface area (Å²) in [6, 6.07) is 8.04. The van der Waals surface area contributed by atoms with Crippen LogP contribution in [0.5, 0.6) is 0 Å². The van der Waals surface area contributed by atoms with E-state index in [4.69, 9.17) is 4.74 Å². The van der Waals surface area contributed by atoms with Gasteiger partial charge in [0, 0.05) is 19.3 Å². The molecule has 1 unspecified atom stereocenters. The highest BCUT2D eigenvalue weighted by Crippen LogP contribution is 2.12. The standard InChI is InChI=1S/C16H26N2O2/c1-4-5-6-14-7-9-15(10-8-14)18-13(2)16(19)17-11-12-20-3/h7-10,13,18H,4-6,11-12H2,1-3H3,(H,17,19). The Morgan fingerprint density at radius 1 is 1.30 bits per heavy atom. The minimum Gasteiger partial charge on any atom is -0.383 e. The number of methoxy groups -OCH3 is 1. The van der Waals surface area contributed by atoms with Crippen molar-refractivity contribution in [3.63, 3.8) is 0 Å². The van der Waals surface area contributed by atoms with Crippen molar-refractivity contribution in [2.45, 2.75) is 39.2 Å². The van der Waals surface area contributed by atoms with Gasteiger partial charge in [0.15, 0.2) is 0 Å². The van der Waals surface area contributed by atoms with Gasteiger partial charge in [-0.25, -0.2) is 0 Å². The average molecular weight is 278 g/mol. The van der Waals surface area contributed by atoms with Crippen LogP contribution in [0.1, 0.15) is 32.3 Å². The topological polar surface area (TPSA) is 50.4 Å². The van der Waals surface area contributed by atoms with Gasteiger partial charge in [0.25, 0.3) is 0 Å². The third-order valence-electron chi connectivity index (χ3n) is 3.15. The zero-order chi connectivity index (χ0) is 14.8. The van der Waals surface area contributed by atoms with Crippen molar-refractivity contribution >= 4 is 11.6 Å². The lowest BCUT2D eigenvalue weighted by atomic mass is 10.1. The number of aryl methyl sites for hydroxylation is 1. The maximum Gasteiger partial charge on any atom is 0.242 e. The summed E-state index contributed by atoms with van der Waals surface area (Å²) < 4.78 is 4.90. The van der Waals surface area contributed by atoms with E-state index in [-0.39, 0.29) is 11.9 Å². The van der Waals surface area contributed by atoms with Gasteiger partial charge in [-0.1, -0.05) is 25.5 Å². The zero-order valence-electron chi connectivity index (χ0n) is 12.7. The molecule has 1 aromatic rings. The highest BCUT2D eigenvalue weighted by atomic mass is 16.5. The van der Waals surface area contributed by atoms with Gasteiger partial charge in [-0.3, -0.25) is 4.79 Å². The molecule has 0 bridgehead atoms. The fourth-order valence-corrected chi connectivity index (χ4v) is 1.89. The predicted octanol–water partition coefficient (Wildman–Crippen LogP) is 2.59. The van der Waals surface area contributed by atoms with Crippen LogP contribution in [0.2, 0.25) is 0 Å². The van der Waals surface area contributed by atoms with Crippen LogP contribution < -0.4 is 10.6 Å². The van der Waals surface area contributed by atoms with Crippen molar-refractivity contribution in [1.29, 1.82) is 0 Å². The number of benzene rings is 1. The Balaban J connectivity index is 2.40. The summed E-state index contributed by atoms with van der Waals surface area (Å²) >= 11 is 0. The highest BCUT2D eigenvalue weighted by Gasteiger charge is 2.11. The van der Waals surface area contributed by atoms with Crippen molar-refractivity contribution in [1.82, 2.24) is 5.32 Å². The fourth-order valence-electron chi connectivity index (χ4n) is 1.89. The van der Waals surface area contributed by atoms with Crippen LogP contribution in [-0.2, 0) is 16.0 Å². The maximum atomic E-state index is 11.8. The Labute approximate surface area is 121 Å². The number of unbranched alkanes of at least 4 members (excludes halogenated alkanes) is 1. The number of ether oxygens (including phenoxy) is 1. The van der Waals surface area contributed by atoms with Gasteiger partial charge in [0.05, 0.1) is 6.61 Å². The van der Waals surface area contributed by atoms with E-state index in [0.29, 0.717) is 13.2 Å². The van der Waals surface area contributed by atoms with Gasteiger partial charge in [-0.15, -0.1) is 0 Å². The molecule has 0 aliphatic heterocycles. The van der Waals surface area contributed by atoms with Gasteiger partial charge >= 0.3 is 0 Å². The summed E-state index contributed by atoms with van der Waals surface area (Å²) in [6.45, 7) is 5.12. The molecule has 20 heavy (non-hydrogen) atoms.